The van der Waals surface area contributed by atoms with Crippen molar-refractivity contribution in [3.8, 4) is 33.6 Å². The zero-order valence-corrected chi connectivity index (χ0v) is 16.9. The van der Waals surface area contributed by atoms with Crippen LogP contribution in [0.4, 0.5) is 0 Å². The molecule has 0 bridgehead atoms. The molecule has 1 N–H and O–H groups in total. The van der Waals surface area contributed by atoms with Crippen LogP contribution < -0.4 is 0 Å². The average molecular weight is 391 g/mol. The Morgan fingerprint density at radius 1 is 0.700 bits per heavy atom. The van der Waals surface area contributed by atoms with Crippen LogP contribution in [0, 0.1) is 0 Å². The van der Waals surface area contributed by atoms with Gasteiger partial charge in [-0.3, -0.25) is 0 Å². The van der Waals surface area contributed by atoms with E-state index < -0.39 is 0 Å². The number of benzene rings is 2. The van der Waals surface area contributed by atoms with Crippen molar-refractivity contribution < 1.29 is 4.42 Å². The number of nitrogens with zero attached hydrogens (tertiary/aromatic N) is 2. The second-order valence-corrected chi connectivity index (χ2v) is 7.82. The lowest BCUT2D eigenvalue weighted by molar-refractivity contribution is 0.582. The van der Waals surface area contributed by atoms with Gasteiger partial charge in [0.2, 0.25) is 0 Å². The minimum atomic E-state index is 0.887. The molecule has 30 heavy (non-hydrogen) atoms. The fraction of sp³-hybridized carbons (Fsp3) is 0.0769. The minimum absolute atomic E-state index is 0.887. The number of rotatable bonds is 3. The van der Waals surface area contributed by atoms with Crippen molar-refractivity contribution in [2.45, 2.75) is 0 Å². The summed E-state index contributed by atoms with van der Waals surface area (Å²) in [4.78, 5) is 3.34. The third-order valence-corrected chi connectivity index (χ3v) is 6.02. The van der Waals surface area contributed by atoms with Crippen LogP contribution >= 0.6 is 0 Å². The highest BCUT2D eigenvalue weighted by molar-refractivity contribution is 6.05. The highest BCUT2D eigenvalue weighted by atomic mass is 16.3. The molecule has 0 saturated heterocycles. The number of fused-ring (bicyclic) bond motifs is 2. The predicted octanol–water partition coefficient (Wildman–Crippen LogP) is 6.59. The first-order valence-electron chi connectivity index (χ1n) is 10.1. The maximum absolute atomic E-state index is 5.59. The first-order valence-corrected chi connectivity index (χ1v) is 10.1. The quantitative estimate of drug-likeness (QED) is 0.363. The lowest BCUT2D eigenvalue weighted by Gasteiger charge is -2.03. The smallest absolute Gasteiger partial charge is 0.133 e. The normalized spacial score (nSPS) is 11.7. The van der Waals surface area contributed by atoms with Gasteiger partial charge in [0, 0.05) is 88.5 Å². The molecule has 0 unspecified atom stereocenters. The summed E-state index contributed by atoms with van der Waals surface area (Å²) in [7, 11) is 4.20. The first-order chi connectivity index (χ1) is 14.7. The standard InChI is InChI=1S/C26H21N3O/c1-28-15-22(18-6-3-4-7-24(18)28)20-13-27-14-21(20)23-16-29(2)25-12-17(9-10-19(23)25)26-8-5-11-30-26/h3-16,27H,1-2H3. The summed E-state index contributed by atoms with van der Waals surface area (Å²) >= 11 is 0. The van der Waals surface area contributed by atoms with Gasteiger partial charge in [0.15, 0.2) is 0 Å². The van der Waals surface area contributed by atoms with E-state index in [1.807, 2.05) is 12.1 Å². The van der Waals surface area contributed by atoms with Gasteiger partial charge in [-0.15, -0.1) is 0 Å². The fourth-order valence-corrected chi connectivity index (χ4v) is 4.56. The first kappa shape index (κ1) is 17.0. The van der Waals surface area contributed by atoms with Crippen LogP contribution in [0.5, 0.6) is 0 Å². The van der Waals surface area contributed by atoms with E-state index in [2.05, 4.69) is 95.5 Å². The van der Waals surface area contributed by atoms with Crippen molar-refractivity contribution in [2.24, 2.45) is 14.1 Å². The summed E-state index contributed by atoms with van der Waals surface area (Å²) in [6.45, 7) is 0. The van der Waals surface area contributed by atoms with Crippen molar-refractivity contribution >= 4 is 21.8 Å². The van der Waals surface area contributed by atoms with Gasteiger partial charge >= 0.3 is 0 Å². The zero-order valence-electron chi connectivity index (χ0n) is 16.9. The Labute approximate surface area is 174 Å². The number of furan rings is 1. The van der Waals surface area contributed by atoms with Gasteiger partial charge in [-0.2, -0.15) is 0 Å². The lowest BCUT2D eigenvalue weighted by Crippen LogP contribution is -1.84. The van der Waals surface area contributed by atoms with Crippen molar-refractivity contribution in [1.82, 2.24) is 14.1 Å². The molecule has 0 aliphatic carbocycles. The Morgan fingerprint density at radius 3 is 2.13 bits per heavy atom. The summed E-state index contributed by atoms with van der Waals surface area (Å²) in [6, 6.07) is 19.0. The lowest BCUT2D eigenvalue weighted by atomic mass is 9.98. The van der Waals surface area contributed by atoms with Gasteiger partial charge in [0.05, 0.1) is 6.26 Å². The SMILES string of the molecule is Cn1cc(-c2c[nH]cc2-c2cn(C)c3cc(-c4ccco4)ccc23)c2ccccc21. The van der Waals surface area contributed by atoms with E-state index in [4.69, 9.17) is 4.42 Å². The highest BCUT2D eigenvalue weighted by Crippen LogP contribution is 2.40. The molecule has 2 aromatic carbocycles. The van der Waals surface area contributed by atoms with Gasteiger partial charge in [-0.1, -0.05) is 30.3 Å². The molecular weight excluding hydrogens is 370 g/mol. The zero-order chi connectivity index (χ0) is 20.2. The van der Waals surface area contributed by atoms with Gasteiger partial charge in [-0.05, 0) is 24.3 Å². The van der Waals surface area contributed by atoms with Crippen LogP contribution in [0.25, 0.3) is 55.4 Å². The van der Waals surface area contributed by atoms with E-state index in [1.54, 1.807) is 6.26 Å². The van der Waals surface area contributed by atoms with Crippen LogP contribution in [0.1, 0.15) is 0 Å². The molecule has 0 fully saturated rings. The van der Waals surface area contributed by atoms with Crippen LogP contribution in [0.3, 0.4) is 0 Å². The van der Waals surface area contributed by atoms with Gasteiger partial charge in [0.1, 0.15) is 5.76 Å². The van der Waals surface area contributed by atoms with E-state index in [1.165, 1.54) is 44.1 Å². The highest BCUT2D eigenvalue weighted by Gasteiger charge is 2.18. The number of nitrogens with one attached hydrogen (secondary N) is 1. The largest absolute Gasteiger partial charge is 0.464 e. The number of aromatic nitrogens is 3. The van der Waals surface area contributed by atoms with Crippen molar-refractivity contribution in [3.05, 3.63) is 85.6 Å². The maximum Gasteiger partial charge on any atom is 0.133 e. The van der Waals surface area contributed by atoms with E-state index in [0.29, 0.717) is 0 Å². The third-order valence-electron chi connectivity index (χ3n) is 6.02. The molecule has 0 amide bonds. The summed E-state index contributed by atoms with van der Waals surface area (Å²) in [5, 5.41) is 2.50. The maximum atomic E-state index is 5.59. The van der Waals surface area contributed by atoms with E-state index in [0.717, 1.165) is 11.3 Å². The molecule has 0 spiro atoms. The number of hydrogen-bond donors (Lipinski definition) is 1. The third kappa shape index (κ3) is 2.40. The van der Waals surface area contributed by atoms with Gasteiger partial charge in [0.25, 0.3) is 0 Å². The number of H-pyrrole nitrogens is 1. The molecule has 0 aliphatic heterocycles. The molecular formula is C26H21N3O. The monoisotopic (exact) mass is 391 g/mol. The Balaban J connectivity index is 1.55. The molecule has 4 aromatic heterocycles. The number of para-hydroxylation sites is 1. The minimum Gasteiger partial charge on any atom is -0.464 e. The number of aryl methyl sites for hydroxylation is 2. The summed E-state index contributed by atoms with van der Waals surface area (Å²) < 4.78 is 9.98. The van der Waals surface area contributed by atoms with Crippen LogP contribution in [0.15, 0.2) is 90.1 Å². The Bertz CT molecular complexity index is 1510. The molecule has 6 rings (SSSR count). The summed E-state index contributed by atoms with van der Waals surface area (Å²) in [6.07, 6.45) is 10.4. The number of hydrogen-bond acceptors (Lipinski definition) is 1. The molecule has 146 valence electrons. The number of aromatic amines is 1. The van der Waals surface area contributed by atoms with Gasteiger partial charge in [-0.25, -0.2) is 0 Å². The van der Waals surface area contributed by atoms with Gasteiger partial charge < -0.3 is 18.5 Å². The molecule has 0 saturated carbocycles. The molecule has 0 radical (unpaired) electrons. The molecule has 4 heterocycles. The topological polar surface area (TPSA) is 38.8 Å². The van der Waals surface area contributed by atoms with Crippen molar-refractivity contribution in [2.75, 3.05) is 0 Å². The molecule has 4 nitrogen and oxygen atoms in total. The predicted molar refractivity (Wildman–Crippen MR) is 122 cm³/mol. The van der Waals surface area contributed by atoms with Crippen molar-refractivity contribution in [3.63, 3.8) is 0 Å². The van der Waals surface area contributed by atoms with Crippen LogP contribution in [-0.4, -0.2) is 14.1 Å². The average Bonchev–Trinajstić information content (AvgIpc) is 3.55. The second-order valence-electron chi connectivity index (χ2n) is 7.82. The summed E-state index contributed by atoms with van der Waals surface area (Å²) in [5.74, 6) is 0.887. The van der Waals surface area contributed by atoms with E-state index in [-0.39, 0.29) is 0 Å². The van der Waals surface area contributed by atoms with E-state index >= 15 is 0 Å². The Kier molecular flexibility index (Phi) is 3.56. The second kappa shape index (κ2) is 6.29. The molecule has 0 aliphatic rings. The molecule has 6 aromatic rings. The fourth-order valence-electron chi connectivity index (χ4n) is 4.56. The molecule has 4 heteroatoms. The van der Waals surface area contributed by atoms with Crippen LogP contribution in [0.2, 0.25) is 0 Å². The Hall–Kier alpha value is -3.92. The van der Waals surface area contributed by atoms with E-state index in [9.17, 15) is 0 Å². The summed E-state index contributed by atoms with van der Waals surface area (Å²) in [5.41, 5.74) is 8.40. The van der Waals surface area contributed by atoms with Crippen LogP contribution in [-0.2, 0) is 14.1 Å². The Morgan fingerprint density at radius 2 is 1.40 bits per heavy atom. The van der Waals surface area contributed by atoms with Crippen molar-refractivity contribution in [1.29, 1.82) is 0 Å². The molecule has 0 atom stereocenters.